The van der Waals surface area contributed by atoms with Gasteiger partial charge in [0.25, 0.3) is 0 Å². The van der Waals surface area contributed by atoms with E-state index in [0.717, 1.165) is 51.9 Å². The predicted molar refractivity (Wildman–Crippen MR) is 64.3 cm³/mol. The molecule has 16 heavy (non-hydrogen) atoms. The van der Waals surface area contributed by atoms with Gasteiger partial charge in [0.05, 0.1) is 6.04 Å². The molecule has 2 N–H and O–H groups in total. The number of carbonyl (C=O) groups is 1. The molecule has 2 heterocycles. The quantitative estimate of drug-likeness (QED) is 0.728. The van der Waals surface area contributed by atoms with Crippen LogP contribution in [-0.2, 0) is 4.79 Å². The summed E-state index contributed by atoms with van der Waals surface area (Å²) in [5, 5.41) is 6.65. The second kappa shape index (κ2) is 5.64. The molecule has 0 bridgehead atoms. The molecule has 0 spiro atoms. The number of nitrogens with zero attached hydrogens (tertiary/aromatic N) is 1. The van der Waals surface area contributed by atoms with Crippen molar-refractivity contribution in [1.29, 1.82) is 0 Å². The van der Waals surface area contributed by atoms with E-state index in [2.05, 4.69) is 22.5 Å². The number of piperidine rings is 1. The van der Waals surface area contributed by atoms with Gasteiger partial charge in [-0.1, -0.05) is 0 Å². The van der Waals surface area contributed by atoms with E-state index in [1.54, 1.807) is 0 Å². The Morgan fingerprint density at radius 2 is 2.00 bits per heavy atom. The molecule has 1 atom stereocenters. The van der Waals surface area contributed by atoms with Crippen LogP contribution in [-0.4, -0.2) is 49.1 Å². The van der Waals surface area contributed by atoms with Gasteiger partial charge < -0.3 is 15.5 Å². The highest BCUT2D eigenvalue weighted by Crippen LogP contribution is 2.16. The number of rotatable bonds is 3. The third kappa shape index (κ3) is 2.55. The Kier molecular flexibility index (Phi) is 4.18. The molecular formula is C12H23N3O. The summed E-state index contributed by atoms with van der Waals surface area (Å²) < 4.78 is 0. The third-order valence-corrected chi connectivity index (χ3v) is 3.73. The lowest BCUT2D eigenvalue weighted by molar-refractivity contribution is -0.135. The number of hydrogen-bond donors (Lipinski definition) is 2. The molecule has 0 aromatic carbocycles. The minimum atomic E-state index is 0.0924. The van der Waals surface area contributed by atoms with Gasteiger partial charge in [0.1, 0.15) is 0 Å². The lowest BCUT2D eigenvalue weighted by atomic mass is 10.0. The number of carbonyl (C=O) groups excluding carboxylic acids is 1. The van der Waals surface area contributed by atoms with Crippen LogP contribution in [0.2, 0.25) is 0 Å². The zero-order chi connectivity index (χ0) is 11.4. The second-order valence-electron chi connectivity index (χ2n) is 4.75. The molecule has 0 aromatic rings. The highest BCUT2D eigenvalue weighted by atomic mass is 16.2. The molecule has 2 fully saturated rings. The van der Waals surface area contributed by atoms with E-state index >= 15 is 0 Å². The molecule has 0 radical (unpaired) electrons. The van der Waals surface area contributed by atoms with Crippen LogP contribution in [0.15, 0.2) is 0 Å². The summed E-state index contributed by atoms with van der Waals surface area (Å²) in [6, 6.07) is 0.552. The van der Waals surface area contributed by atoms with Crippen LogP contribution in [0.1, 0.15) is 32.6 Å². The topological polar surface area (TPSA) is 44.4 Å². The minimum Gasteiger partial charge on any atom is -0.339 e. The zero-order valence-corrected chi connectivity index (χ0v) is 10.2. The van der Waals surface area contributed by atoms with Crippen molar-refractivity contribution in [2.24, 2.45) is 0 Å². The number of amides is 1. The van der Waals surface area contributed by atoms with Crippen molar-refractivity contribution < 1.29 is 4.79 Å². The molecular weight excluding hydrogens is 202 g/mol. The molecule has 2 aliphatic heterocycles. The van der Waals surface area contributed by atoms with E-state index in [0.29, 0.717) is 11.9 Å². The SMILES string of the molecule is CCN(C(=O)[C@@H]1CCCN1)C1CCNCC1. The molecule has 2 aliphatic rings. The number of nitrogens with one attached hydrogen (secondary N) is 2. The Hall–Kier alpha value is -0.610. The summed E-state index contributed by atoms with van der Waals surface area (Å²) in [5.74, 6) is 0.326. The van der Waals surface area contributed by atoms with Gasteiger partial charge in [0.15, 0.2) is 0 Å². The van der Waals surface area contributed by atoms with Crippen LogP contribution >= 0.6 is 0 Å². The first-order valence-electron chi connectivity index (χ1n) is 6.57. The predicted octanol–water partition coefficient (Wildman–Crippen LogP) is 0.339. The van der Waals surface area contributed by atoms with Gasteiger partial charge in [-0.2, -0.15) is 0 Å². The monoisotopic (exact) mass is 225 g/mol. The largest absolute Gasteiger partial charge is 0.339 e. The zero-order valence-electron chi connectivity index (χ0n) is 10.2. The number of likely N-dealkylation sites (N-methyl/N-ethyl adjacent to an activating group) is 1. The smallest absolute Gasteiger partial charge is 0.239 e. The van der Waals surface area contributed by atoms with Gasteiger partial charge in [-0.25, -0.2) is 0 Å². The van der Waals surface area contributed by atoms with Crippen molar-refractivity contribution in [3.05, 3.63) is 0 Å². The van der Waals surface area contributed by atoms with Crippen molar-refractivity contribution in [3.63, 3.8) is 0 Å². The lowest BCUT2D eigenvalue weighted by Gasteiger charge is -2.35. The Balaban J connectivity index is 1.94. The van der Waals surface area contributed by atoms with Crippen LogP contribution in [0.3, 0.4) is 0 Å². The standard InChI is InChI=1S/C12H23N3O/c1-2-15(10-5-8-13-9-6-10)12(16)11-4-3-7-14-11/h10-11,13-14H,2-9H2,1H3/t11-/m0/s1. The third-order valence-electron chi connectivity index (χ3n) is 3.73. The Morgan fingerprint density at radius 1 is 1.25 bits per heavy atom. The molecule has 2 saturated heterocycles. The van der Waals surface area contributed by atoms with Crippen LogP contribution in [0.4, 0.5) is 0 Å². The van der Waals surface area contributed by atoms with E-state index in [1.807, 2.05) is 0 Å². The Labute approximate surface area is 97.8 Å². The first-order valence-corrected chi connectivity index (χ1v) is 6.57. The van der Waals surface area contributed by atoms with E-state index in [-0.39, 0.29) is 6.04 Å². The maximum absolute atomic E-state index is 12.3. The fourth-order valence-corrected chi connectivity index (χ4v) is 2.81. The Bertz CT molecular complexity index is 232. The summed E-state index contributed by atoms with van der Waals surface area (Å²) in [4.78, 5) is 14.4. The molecule has 4 heteroatoms. The summed E-state index contributed by atoms with van der Waals surface area (Å²) in [5.41, 5.74) is 0. The summed E-state index contributed by atoms with van der Waals surface area (Å²) >= 11 is 0. The van der Waals surface area contributed by atoms with Gasteiger partial charge in [-0.05, 0) is 52.2 Å². The van der Waals surface area contributed by atoms with Gasteiger partial charge >= 0.3 is 0 Å². The first kappa shape index (κ1) is 11.9. The van der Waals surface area contributed by atoms with Crippen LogP contribution in [0.25, 0.3) is 0 Å². The van der Waals surface area contributed by atoms with Gasteiger partial charge in [0, 0.05) is 12.6 Å². The molecule has 0 aromatic heterocycles. The molecule has 92 valence electrons. The second-order valence-corrected chi connectivity index (χ2v) is 4.75. The molecule has 2 rings (SSSR count). The van der Waals surface area contributed by atoms with Gasteiger partial charge in [0.2, 0.25) is 5.91 Å². The fourth-order valence-electron chi connectivity index (χ4n) is 2.81. The van der Waals surface area contributed by atoms with Crippen molar-refractivity contribution in [2.45, 2.75) is 44.7 Å². The molecule has 4 nitrogen and oxygen atoms in total. The van der Waals surface area contributed by atoms with Crippen LogP contribution < -0.4 is 10.6 Å². The van der Waals surface area contributed by atoms with Crippen molar-refractivity contribution in [2.75, 3.05) is 26.2 Å². The normalized spacial score (nSPS) is 26.9. The highest BCUT2D eigenvalue weighted by molar-refractivity contribution is 5.82. The molecule has 0 saturated carbocycles. The van der Waals surface area contributed by atoms with E-state index in [4.69, 9.17) is 0 Å². The highest BCUT2D eigenvalue weighted by Gasteiger charge is 2.30. The fraction of sp³-hybridized carbons (Fsp3) is 0.917. The number of hydrogen-bond acceptors (Lipinski definition) is 3. The average Bonchev–Trinajstić information content (AvgIpc) is 2.85. The van der Waals surface area contributed by atoms with Crippen molar-refractivity contribution >= 4 is 5.91 Å². The summed E-state index contributed by atoms with van der Waals surface area (Å²) in [7, 11) is 0. The summed E-state index contributed by atoms with van der Waals surface area (Å²) in [6.45, 7) is 6.04. The average molecular weight is 225 g/mol. The van der Waals surface area contributed by atoms with Crippen molar-refractivity contribution in [1.82, 2.24) is 15.5 Å². The maximum Gasteiger partial charge on any atom is 0.239 e. The minimum absolute atomic E-state index is 0.0924. The molecule has 0 aliphatic carbocycles. The maximum atomic E-state index is 12.3. The molecule has 0 unspecified atom stereocenters. The van der Waals surface area contributed by atoms with E-state index in [1.165, 1.54) is 0 Å². The lowest BCUT2D eigenvalue weighted by Crippen LogP contribution is -2.51. The van der Waals surface area contributed by atoms with Crippen molar-refractivity contribution in [3.8, 4) is 0 Å². The van der Waals surface area contributed by atoms with Crippen LogP contribution in [0, 0.1) is 0 Å². The first-order chi connectivity index (χ1) is 7.83. The van der Waals surface area contributed by atoms with E-state index < -0.39 is 0 Å². The van der Waals surface area contributed by atoms with Crippen LogP contribution in [0.5, 0.6) is 0 Å². The van der Waals surface area contributed by atoms with Gasteiger partial charge in [-0.3, -0.25) is 4.79 Å². The Morgan fingerprint density at radius 3 is 2.56 bits per heavy atom. The summed E-state index contributed by atoms with van der Waals surface area (Å²) in [6.07, 6.45) is 4.36. The van der Waals surface area contributed by atoms with E-state index in [9.17, 15) is 4.79 Å². The molecule has 1 amide bonds. The van der Waals surface area contributed by atoms with Gasteiger partial charge in [-0.15, -0.1) is 0 Å².